The van der Waals surface area contributed by atoms with E-state index in [2.05, 4.69) is 0 Å². The molecule has 2 rings (SSSR count). The standard InChI is InChI=1S/C18H17ClF3N3O4S/c1-25(30(28,29)15-7-5-14(19)6-8-15)11-17(27)24-23-16(26)10-12-3-2-4-13(9-12)18(20,21)22/h2-9H,10-11H2,1H3,(H,23,26)(H,24,27). The zero-order valence-corrected chi connectivity index (χ0v) is 17.1. The summed E-state index contributed by atoms with van der Waals surface area (Å²) in [5.74, 6) is -1.61. The number of nitrogens with zero attached hydrogens (tertiary/aromatic N) is 1. The predicted octanol–water partition coefficient (Wildman–Crippen LogP) is 2.37. The lowest BCUT2D eigenvalue weighted by Crippen LogP contribution is -2.47. The van der Waals surface area contributed by atoms with Crippen molar-refractivity contribution in [3.8, 4) is 0 Å². The summed E-state index contributed by atoms with van der Waals surface area (Å²) >= 11 is 5.72. The summed E-state index contributed by atoms with van der Waals surface area (Å²) in [4.78, 5) is 23.7. The van der Waals surface area contributed by atoms with Crippen molar-refractivity contribution in [3.63, 3.8) is 0 Å². The lowest BCUT2D eigenvalue weighted by Gasteiger charge is -2.17. The zero-order valence-electron chi connectivity index (χ0n) is 15.5. The largest absolute Gasteiger partial charge is 0.416 e. The minimum Gasteiger partial charge on any atom is -0.273 e. The number of hydrogen-bond acceptors (Lipinski definition) is 4. The van der Waals surface area contributed by atoms with Crippen molar-refractivity contribution >= 4 is 33.4 Å². The van der Waals surface area contributed by atoms with Gasteiger partial charge in [-0.3, -0.25) is 20.4 Å². The third-order valence-corrected chi connectivity index (χ3v) is 5.92. The van der Waals surface area contributed by atoms with Gasteiger partial charge in [0.1, 0.15) is 0 Å². The van der Waals surface area contributed by atoms with E-state index in [0.29, 0.717) is 5.02 Å². The first kappa shape index (κ1) is 23.6. The number of benzene rings is 2. The number of alkyl halides is 3. The van der Waals surface area contributed by atoms with E-state index in [1.54, 1.807) is 0 Å². The molecule has 0 saturated heterocycles. The van der Waals surface area contributed by atoms with Crippen LogP contribution in [0.25, 0.3) is 0 Å². The summed E-state index contributed by atoms with van der Waals surface area (Å²) in [6, 6.07) is 9.54. The summed E-state index contributed by atoms with van der Waals surface area (Å²) in [6.07, 6.45) is -4.95. The third-order valence-electron chi connectivity index (χ3n) is 3.85. The van der Waals surface area contributed by atoms with Crippen LogP contribution in [0.4, 0.5) is 13.2 Å². The number of hydrazine groups is 1. The van der Waals surface area contributed by atoms with Crippen LogP contribution in [0.2, 0.25) is 5.02 Å². The summed E-state index contributed by atoms with van der Waals surface area (Å²) in [6.45, 7) is -0.602. The minimum absolute atomic E-state index is 0.0733. The topological polar surface area (TPSA) is 95.6 Å². The highest BCUT2D eigenvalue weighted by Gasteiger charge is 2.30. The van der Waals surface area contributed by atoms with E-state index >= 15 is 0 Å². The Balaban J connectivity index is 1.89. The van der Waals surface area contributed by atoms with Gasteiger partial charge in [-0.15, -0.1) is 0 Å². The van der Waals surface area contributed by atoms with Crippen molar-refractivity contribution < 1.29 is 31.2 Å². The molecule has 0 aliphatic rings. The monoisotopic (exact) mass is 463 g/mol. The Bertz CT molecular complexity index is 1030. The lowest BCUT2D eigenvalue weighted by atomic mass is 10.1. The lowest BCUT2D eigenvalue weighted by molar-refractivity contribution is -0.137. The van der Waals surface area contributed by atoms with Crippen LogP contribution in [-0.4, -0.2) is 38.1 Å². The van der Waals surface area contributed by atoms with Crippen LogP contribution in [0, 0.1) is 0 Å². The van der Waals surface area contributed by atoms with Crippen LogP contribution in [0.3, 0.4) is 0 Å². The fourth-order valence-electron chi connectivity index (χ4n) is 2.34. The van der Waals surface area contributed by atoms with Crippen LogP contribution in [0.15, 0.2) is 53.4 Å². The molecule has 0 aliphatic heterocycles. The van der Waals surface area contributed by atoms with E-state index in [9.17, 15) is 31.2 Å². The van der Waals surface area contributed by atoms with Crippen molar-refractivity contribution in [2.24, 2.45) is 0 Å². The second-order valence-corrected chi connectivity index (χ2v) is 8.67. The van der Waals surface area contributed by atoms with Gasteiger partial charge in [0.2, 0.25) is 15.9 Å². The maximum atomic E-state index is 12.7. The van der Waals surface area contributed by atoms with Crippen LogP contribution in [0.1, 0.15) is 11.1 Å². The molecule has 30 heavy (non-hydrogen) atoms. The highest BCUT2D eigenvalue weighted by molar-refractivity contribution is 7.89. The normalized spacial score (nSPS) is 11.9. The first-order valence-electron chi connectivity index (χ1n) is 8.35. The molecule has 0 aromatic heterocycles. The molecule has 12 heteroatoms. The quantitative estimate of drug-likeness (QED) is 0.643. The number of rotatable bonds is 6. The van der Waals surface area contributed by atoms with Gasteiger partial charge in [0.25, 0.3) is 5.91 Å². The maximum absolute atomic E-state index is 12.7. The van der Waals surface area contributed by atoms with Gasteiger partial charge < -0.3 is 0 Å². The molecule has 0 saturated carbocycles. The van der Waals surface area contributed by atoms with Gasteiger partial charge in [0.15, 0.2) is 0 Å². The molecule has 0 radical (unpaired) electrons. The Hall–Kier alpha value is -2.63. The summed E-state index contributed by atoms with van der Waals surface area (Å²) in [7, 11) is -2.79. The SMILES string of the molecule is CN(CC(=O)NNC(=O)Cc1cccc(C(F)(F)F)c1)S(=O)(=O)c1ccc(Cl)cc1. The molecular formula is C18H17ClF3N3O4S. The predicted molar refractivity (Wildman–Crippen MR) is 103 cm³/mol. The van der Waals surface area contributed by atoms with Crippen molar-refractivity contribution in [2.75, 3.05) is 13.6 Å². The molecule has 0 fully saturated rings. The van der Waals surface area contributed by atoms with E-state index in [0.717, 1.165) is 16.4 Å². The molecule has 2 aromatic rings. The number of sulfonamides is 1. The average molecular weight is 464 g/mol. The Morgan fingerprint density at radius 3 is 2.23 bits per heavy atom. The smallest absolute Gasteiger partial charge is 0.273 e. The van der Waals surface area contributed by atoms with Gasteiger partial charge >= 0.3 is 6.18 Å². The third kappa shape index (κ3) is 6.44. The van der Waals surface area contributed by atoms with Gasteiger partial charge in [0, 0.05) is 12.1 Å². The van der Waals surface area contributed by atoms with E-state index in [4.69, 9.17) is 11.6 Å². The molecule has 2 aromatic carbocycles. The number of carbonyl (C=O) groups excluding carboxylic acids is 2. The molecular weight excluding hydrogens is 447 g/mol. The van der Waals surface area contributed by atoms with Gasteiger partial charge in [-0.25, -0.2) is 8.42 Å². The number of carbonyl (C=O) groups is 2. The Morgan fingerprint density at radius 1 is 1.03 bits per heavy atom. The van der Waals surface area contributed by atoms with E-state index in [1.807, 2.05) is 10.9 Å². The molecule has 2 amide bonds. The van der Waals surface area contributed by atoms with Crippen molar-refractivity contribution in [1.82, 2.24) is 15.2 Å². The molecule has 7 nitrogen and oxygen atoms in total. The highest BCUT2D eigenvalue weighted by Crippen LogP contribution is 2.29. The average Bonchev–Trinajstić information content (AvgIpc) is 2.66. The highest BCUT2D eigenvalue weighted by atomic mass is 35.5. The van der Waals surface area contributed by atoms with Crippen LogP contribution in [-0.2, 0) is 32.2 Å². The molecule has 2 N–H and O–H groups in total. The number of likely N-dealkylation sites (N-methyl/N-ethyl adjacent to an activating group) is 1. The van der Waals surface area contributed by atoms with Crippen LogP contribution in [0.5, 0.6) is 0 Å². The van der Waals surface area contributed by atoms with Gasteiger partial charge in [0.05, 0.1) is 23.4 Å². The second kappa shape index (κ2) is 9.45. The van der Waals surface area contributed by atoms with Gasteiger partial charge in [-0.05, 0) is 35.9 Å². The van der Waals surface area contributed by atoms with Crippen molar-refractivity contribution in [1.29, 1.82) is 0 Å². The molecule has 0 bridgehead atoms. The maximum Gasteiger partial charge on any atom is 0.416 e. The summed E-state index contributed by atoms with van der Waals surface area (Å²) < 4.78 is 63.7. The fourth-order valence-corrected chi connectivity index (χ4v) is 3.59. The summed E-state index contributed by atoms with van der Waals surface area (Å²) in [5, 5.41) is 0.345. The van der Waals surface area contributed by atoms with Crippen molar-refractivity contribution in [3.05, 3.63) is 64.7 Å². The number of hydrogen-bond donors (Lipinski definition) is 2. The summed E-state index contributed by atoms with van der Waals surface area (Å²) in [5.41, 5.74) is 3.26. The van der Waals surface area contributed by atoms with Gasteiger partial charge in [-0.2, -0.15) is 17.5 Å². The molecule has 0 unspecified atom stereocenters. The number of nitrogens with one attached hydrogen (secondary N) is 2. The minimum atomic E-state index is -4.54. The van der Waals surface area contributed by atoms with Gasteiger partial charge in [-0.1, -0.05) is 29.8 Å². The van der Waals surface area contributed by atoms with E-state index < -0.39 is 46.5 Å². The van der Waals surface area contributed by atoms with E-state index in [-0.39, 0.29) is 10.5 Å². The Morgan fingerprint density at radius 2 is 1.63 bits per heavy atom. The Labute approximate surface area is 175 Å². The first-order valence-corrected chi connectivity index (χ1v) is 10.2. The van der Waals surface area contributed by atoms with Crippen LogP contribution >= 0.6 is 11.6 Å². The first-order chi connectivity index (χ1) is 13.9. The molecule has 0 aliphatic carbocycles. The fraction of sp³-hybridized carbons (Fsp3) is 0.222. The zero-order chi connectivity index (χ0) is 22.5. The number of amides is 2. The molecule has 0 spiro atoms. The van der Waals surface area contributed by atoms with E-state index in [1.165, 1.54) is 43.4 Å². The van der Waals surface area contributed by atoms with Crippen molar-refractivity contribution in [2.45, 2.75) is 17.5 Å². The molecule has 0 heterocycles. The van der Waals surface area contributed by atoms with Crippen LogP contribution < -0.4 is 10.9 Å². The second-order valence-electron chi connectivity index (χ2n) is 6.19. The molecule has 0 atom stereocenters. The number of halogens is 4. The Kier molecular flexibility index (Phi) is 7.45. The molecule has 162 valence electrons.